The number of carbonyl (C=O) groups excluding carboxylic acids is 1. The van der Waals surface area contributed by atoms with Crippen LogP contribution in [0.3, 0.4) is 0 Å². The van der Waals surface area contributed by atoms with Crippen LogP contribution in [-0.2, 0) is 26.4 Å². The standard InChI is InChI=1S/C20H18ClN3O5S2/c1-30(26,27)16-6-4-15(5-7-16)24-31(28,29)17-8-9-19(21)18(11-17)20(25)23-13-14-3-2-10-22-12-14/h2-12,24H,13H2,1H3,(H,23,25). The fourth-order valence-electron chi connectivity index (χ4n) is 2.61. The highest BCUT2D eigenvalue weighted by atomic mass is 35.5. The van der Waals surface area contributed by atoms with Crippen LogP contribution >= 0.6 is 11.6 Å². The molecule has 0 unspecified atom stereocenters. The predicted octanol–water partition coefficient (Wildman–Crippen LogP) is 2.87. The van der Waals surface area contributed by atoms with E-state index in [0.717, 1.165) is 11.8 Å². The number of amides is 1. The molecule has 0 fully saturated rings. The third-order valence-electron chi connectivity index (χ3n) is 4.20. The topological polar surface area (TPSA) is 122 Å². The molecule has 0 saturated carbocycles. The molecule has 3 rings (SSSR count). The number of carbonyl (C=O) groups is 1. The Kier molecular flexibility index (Phi) is 6.63. The summed E-state index contributed by atoms with van der Waals surface area (Å²) in [5.74, 6) is -0.539. The van der Waals surface area contributed by atoms with Crippen LogP contribution in [-0.4, -0.2) is 34.0 Å². The molecule has 0 atom stereocenters. The number of rotatable bonds is 7. The Morgan fingerprint density at radius 3 is 2.29 bits per heavy atom. The van der Waals surface area contributed by atoms with E-state index in [1.165, 1.54) is 42.5 Å². The van der Waals surface area contributed by atoms with Crippen LogP contribution in [0.1, 0.15) is 15.9 Å². The van der Waals surface area contributed by atoms with Crippen molar-refractivity contribution in [2.75, 3.05) is 11.0 Å². The second-order valence-corrected chi connectivity index (χ2v) is 10.7. The lowest BCUT2D eigenvalue weighted by Crippen LogP contribution is -2.24. The first-order valence-electron chi connectivity index (χ1n) is 8.86. The number of anilines is 1. The number of aromatic nitrogens is 1. The van der Waals surface area contributed by atoms with Gasteiger partial charge in [0.1, 0.15) is 0 Å². The Hall–Kier alpha value is -2.95. The number of benzene rings is 2. The predicted molar refractivity (Wildman–Crippen MR) is 117 cm³/mol. The third-order valence-corrected chi connectivity index (χ3v) is 7.04. The van der Waals surface area contributed by atoms with Gasteiger partial charge in [-0.1, -0.05) is 17.7 Å². The Bertz CT molecular complexity index is 1310. The van der Waals surface area contributed by atoms with E-state index in [1.807, 2.05) is 0 Å². The average Bonchev–Trinajstić information content (AvgIpc) is 2.72. The van der Waals surface area contributed by atoms with Crippen molar-refractivity contribution in [3.05, 3.63) is 83.1 Å². The monoisotopic (exact) mass is 479 g/mol. The maximum atomic E-state index is 12.7. The zero-order valence-electron chi connectivity index (χ0n) is 16.2. The number of nitrogens with one attached hydrogen (secondary N) is 2. The zero-order valence-corrected chi connectivity index (χ0v) is 18.6. The minimum absolute atomic E-state index is 0.000793. The van der Waals surface area contributed by atoms with Gasteiger partial charge >= 0.3 is 0 Å². The fraction of sp³-hybridized carbons (Fsp3) is 0.100. The SMILES string of the molecule is CS(=O)(=O)c1ccc(NS(=O)(=O)c2ccc(Cl)c(C(=O)NCc3cccnc3)c2)cc1. The summed E-state index contributed by atoms with van der Waals surface area (Å²) in [6.07, 6.45) is 4.26. The Morgan fingerprint density at radius 1 is 1.00 bits per heavy atom. The van der Waals surface area contributed by atoms with E-state index < -0.39 is 25.8 Å². The molecule has 0 aliphatic rings. The Balaban J connectivity index is 1.79. The highest BCUT2D eigenvalue weighted by Gasteiger charge is 2.19. The van der Waals surface area contributed by atoms with Gasteiger partial charge in [0.05, 0.1) is 20.4 Å². The molecule has 162 valence electrons. The number of halogens is 1. The highest BCUT2D eigenvalue weighted by Crippen LogP contribution is 2.23. The lowest BCUT2D eigenvalue weighted by Gasteiger charge is -2.11. The van der Waals surface area contributed by atoms with Gasteiger partial charge in [-0.05, 0) is 54.1 Å². The van der Waals surface area contributed by atoms with Crippen LogP contribution in [0.5, 0.6) is 0 Å². The molecule has 1 aromatic heterocycles. The van der Waals surface area contributed by atoms with Gasteiger partial charge in [-0.3, -0.25) is 14.5 Å². The second-order valence-electron chi connectivity index (χ2n) is 6.59. The molecule has 0 aliphatic heterocycles. The molecule has 0 bridgehead atoms. The number of sulfonamides is 1. The minimum atomic E-state index is -4.05. The number of sulfone groups is 1. The summed E-state index contributed by atoms with van der Waals surface area (Å²) in [5.41, 5.74) is 0.945. The first-order valence-corrected chi connectivity index (χ1v) is 12.6. The van der Waals surface area contributed by atoms with E-state index in [2.05, 4.69) is 15.0 Å². The van der Waals surface area contributed by atoms with Crippen molar-refractivity contribution in [3.63, 3.8) is 0 Å². The van der Waals surface area contributed by atoms with Crippen molar-refractivity contribution in [3.8, 4) is 0 Å². The lowest BCUT2D eigenvalue weighted by atomic mass is 10.2. The van der Waals surface area contributed by atoms with E-state index >= 15 is 0 Å². The maximum absolute atomic E-state index is 12.7. The molecule has 3 aromatic rings. The van der Waals surface area contributed by atoms with Gasteiger partial charge in [0, 0.05) is 30.9 Å². The van der Waals surface area contributed by atoms with Crippen molar-refractivity contribution < 1.29 is 21.6 Å². The maximum Gasteiger partial charge on any atom is 0.261 e. The summed E-state index contributed by atoms with van der Waals surface area (Å²) in [6, 6.07) is 12.6. The van der Waals surface area contributed by atoms with Gasteiger partial charge in [-0.15, -0.1) is 0 Å². The summed E-state index contributed by atoms with van der Waals surface area (Å²) < 4.78 is 50.9. The molecular formula is C20H18ClN3O5S2. The van der Waals surface area contributed by atoms with Gasteiger partial charge in [-0.25, -0.2) is 16.8 Å². The highest BCUT2D eigenvalue weighted by molar-refractivity contribution is 7.92. The van der Waals surface area contributed by atoms with Gasteiger partial charge in [0.25, 0.3) is 15.9 Å². The molecule has 2 N–H and O–H groups in total. The van der Waals surface area contributed by atoms with Crippen LogP contribution in [0, 0.1) is 0 Å². The van der Waals surface area contributed by atoms with Crippen molar-refractivity contribution in [1.82, 2.24) is 10.3 Å². The molecule has 0 saturated heterocycles. The smallest absolute Gasteiger partial charge is 0.261 e. The third kappa shape index (κ3) is 5.81. The fourth-order valence-corrected chi connectivity index (χ4v) is 4.53. The molecule has 11 heteroatoms. The molecule has 0 spiro atoms. The Morgan fingerprint density at radius 2 is 1.68 bits per heavy atom. The largest absolute Gasteiger partial charge is 0.348 e. The molecule has 8 nitrogen and oxygen atoms in total. The van der Waals surface area contributed by atoms with Crippen molar-refractivity contribution in [1.29, 1.82) is 0 Å². The molecule has 0 radical (unpaired) electrons. The van der Waals surface area contributed by atoms with Crippen LogP contribution in [0.4, 0.5) is 5.69 Å². The van der Waals surface area contributed by atoms with Crippen LogP contribution in [0.25, 0.3) is 0 Å². The zero-order chi connectivity index (χ0) is 22.6. The summed E-state index contributed by atoms with van der Waals surface area (Å²) in [4.78, 5) is 16.4. The van der Waals surface area contributed by atoms with E-state index in [-0.39, 0.29) is 32.6 Å². The molecule has 31 heavy (non-hydrogen) atoms. The van der Waals surface area contributed by atoms with E-state index in [9.17, 15) is 21.6 Å². The van der Waals surface area contributed by atoms with Crippen LogP contribution < -0.4 is 10.0 Å². The summed E-state index contributed by atoms with van der Waals surface area (Å²) in [5, 5.41) is 2.77. The van der Waals surface area contributed by atoms with E-state index in [1.54, 1.807) is 24.5 Å². The summed E-state index contributed by atoms with van der Waals surface area (Å²) in [6.45, 7) is 0.199. The van der Waals surface area contributed by atoms with Crippen molar-refractivity contribution >= 4 is 43.1 Å². The second kappa shape index (κ2) is 9.04. The summed E-state index contributed by atoms with van der Waals surface area (Å²) >= 11 is 6.10. The molecule has 1 heterocycles. The average molecular weight is 480 g/mol. The molecular weight excluding hydrogens is 462 g/mol. The van der Waals surface area contributed by atoms with Crippen molar-refractivity contribution in [2.45, 2.75) is 16.3 Å². The van der Waals surface area contributed by atoms with Crippen LogP contribution in [0.2, 0.25) is 5.02 Å². The molecule has 0 aliphatic carbocycles. The first-order chi connectivity index (χ1) is 14.6. The first kappa shape index (κ1) is 22.7. The van der Waals surface area contributed by atoms with Gasteiger partial charge < -0.3 is 5.32 Å². The van der Waals surface area contributed by atoms with Crippen molar-refractivity contribution in [2.24, 2.45) is 0 Å². The molecule has 2 aromatic carbocycles. The van der Waals surface area contributed by atoms with Crippen LogP contribution in [0.15, 0.2) is 76.8 Å². The number of hydrogen-bond donors (Lipinski definition) is 2. The summed E-state index contributed by atoms with van der Waals surface area (Å²) in [7, 11) is -7.45. The normalized spacial score (nSPS) is 11.7. The van der Waals surface area contributed by atoms with Gasteiger partial charge in [0.2, 0.25) is 0 Å². The Labute approximate surface area is 185 Å². The molecule has 1 amide bonds. The number of hydrogen-bond acceptors (Lipinski definition) is 6. The quantitative estimate of drug-likeness (QED) is 0.537. The number of nitrogens with zero attached hydrogens (tertiary/aromatic N) is 1. The lowest BCUT2D eigenvalue weighted by molar-refractivity contribution is 0.0951. The van der Waals surface area contributed by atoms with E-state index in [0.29, 0.717) is 0 Å². The van der Waals surface area contributed by atoms with Gasteiger partial charge in [0.15, 0.2) is 9.84 Å². The number of pyridine rings is 1. The van der Waals surface area contributed by atoms with Gasteiger partial charge in [-0.2, -0.15) is 0 Å². The minimum Gasteiger partial charge on any atom is -0.348 e. The van der Waals surface area contributed by atoms with E-state index in [4.69, 9.17) is 11.6 Å².